The van der Waals surface area contributed by atoms with E-state index in [2.05, 4.69) is 13.8 Å². The first-order valence-corrected chi connectivity index (χ1v) is 18.4. The van der Waals surface area contributed by atoms with Crippen LogP contribution in [0.15, 0.2) is 24.3 Å². The van der Waals surface area contributed by atoms with Crippen LogP contribution in [0.3, 0.4) is 0 Å². The molecular weight excluding hydrogens is 546 g/mol. The number of allylic oxidation sites excluding steroid dienone is 1. The van der Waals surface area contributed by atoms with Gasteiger partial charge in [-0.2, -0.15) is 0 Å². The Hall–Kier alpha value is -1.85. The van der Waals surface area contributed by atoms with Gasteiger partial charge >= 0.3 is 0 Å². The summed E-state index contributed by atoms with van der Waals surface area (Å²) < 4.78 is 13.1. The predicted octanol–water partition coefficient (Wildman–Crippen LogP) is 10.3. The normalized spacial score (nSPS) is 11.8. The molecule has 0 atom stereocenters. The van der Waals surface area contributed by atoms with E-state index in [0.29, 0.717) is 37.2 Å². The first-order valence-electron chi connectivity index (χ1n) is 18.4. The van der Waals surface area contributed by atoms with Crippen molar-refractivity contribution in [2.24, 2.45) is 0 Å². The molecule has 0 aliphatic carbocycles. The molecule has 254 valence electrons. The van der Waals surface area contributed by atoms with Gasteiger partial charge in [-0.3, -0.25) is 4.79 Å². The van der Waals surface area contributed by atoms with E-state index < -0.39 is 0 Å². The number of unbranched alkanes of at least 4 members (excludes halogenated alkanes) is 18. The zero-order valence-electron chi connectivity index (χ0n) is 29.4. The van der Waals surface area contributed by atoms with Crippen LogP contribution in [0.2, 0.25) is 0 Å². The second-order valence-electron chi connectivity index (χ2n) is 13.4. The number of ether oxygens (including phenoxy) is 2. The van der Waals surface area contributed by atoms with Gasteiger partial charge in [-0.05, 0) is 36.6 Å². The number of benzene rings is 1. The van der Waals surface area contributed by atoms with Crippen molar-refractivity contribution in [1.82, 2.24) is 0 Å². The highest BCUT2D eigenvalue weighted by atomic mass is 16.5. The molecule has 44 heavy (non-hydrogen) atoms. The van der Waals surface area contributed by atoms with Gasteiger partial charge in [-0.25, -0.2) is 0 Å². The number of aliphatic hydroxyl groups is 1. The van der Waals surface area contributed by atoms with Crippen molar-refractivity contribution in [3.05, 3.63) is 29.8 Å². The number of hydrogen-bond donors (Lipinski definition) is 1. The minimum Gasteiger partial charge on any atom is -0.490 e. The summed E-state index contributed by atoms with van der Waals surface area (Å²) in [6.07, 6.45) is 30.1. The Morgan fingerprint density at radius 2 is 1.11 bits per heavy atom. The lowest BCUT2D eigenvalue weighted by Gasteiger charge is -2.28. The summed E-state index contributed by atoms with van der Waals surface area (Å²) in [6, 6.07) is 6.02. The van der Waals surface area contributed by atoms with Gasteiger partial charge < -0.3 is 19.1 Å². The average molecular weight is 617 g/mol. The third-order valence-electron chi connectivity index (χ3n) is 8.61. The number of quaternary nitrogens is 1. The predicted molar refractivity (Wildman–Crippen MR) is 189 cm³/mol. The number of carbonyl (C=O) groups is 1. The highest BCUT2D eigenvalue weighted by Gasteiger charge is 2.15. The van der Waals surface area contributed by atoms with Crippen molar-refractivity contribution < 1.29 is 23.9 Å². The Morgan fingerprint density at radius 3 is 1.59 bits per heavy atom. The van der Waals surface area contributed by atoms with Gasteiger partial charge in [0.1, 0.15) is 6.54 Å². The maximum atomic E-state index is 12.5. The Balaban J connectivity index is 2.53. The lowest BCUT2D eigenvalue weighted by Crippen LogP contribution is -2.43. The number of hydrogen-bond acceptors (Lipinski definition) is 4. The monoisotopic (exact) mass is 617 g/mol. The molecule has 0 aliphatic heterocycles. The zero-order chi connectivity index (χ0) is 32.1. The number of rotatable bonds is 31. The van der Waals surface area contributed by atoms with Gasteiger partial charge in [0.15, 0.2) is 17.3 Å². The van der Waals surface area contributed by atoms with Crippen LogP contribution in [-0.2, 0) is 4.79 Å². The first kappa shape index (κ1) is 40.2. The van der Waals surface area contributed by atoms with E-state index in [1.807, 2.05) is 38.4 Å². The standard InChI is InChI=1S/C39H70NO4/c1-5-7-9-11-13-15-17-19-21-23-33-43-38-28-26-36(25-27-37(42)29-30-40(3,4)31-32-41)35-39(38)44-34-24-22-20-18-16-14-12-10-8-6-2/h25-28,35,41H,5-24,29-34H2,1-4H3/q+1. The van der Waals surface area contributed by atoms with E-state index >= 15 is 0 Å². The number of nitrogens with zero attached hydrogens (tertiary/aromatic N) is 1. The average Bonchev–Trinajstić information content (AvgIpc) is 3.01. The third kappa shape index (κ3) is 22.6. The highest BCUT2D eigenvalue weighted by Crippen LogP contribution is 2.30. The van der Waals surface area contributed by atoms with E-state index in [0.717, 1.165) is 29.9 Å². The maximum Gasteiger partial charge on any atom is 0.161 e. The van der Waals surface area contributed by atoms with E-state index in [4.69, 9.17) is 9.47 Å². The Bertz CT molecular complexity index is 851. The molecule has 0 saturated carbocycles. The fourth-order valence-corrected chi connectivity index (χ4v) is 5.47. The molecule has 5 nitrogen and oxygen atoms in total. The summed E-state index contributed by atoms with van der Waals surface area (Å²) in [6.45, 7) is 7.44. The van der Waals surface area contributed by atoms with Crippen molar-refractivity contribution >= 4 is 11.9 Å². The third-order valence-corrected chi connectivity index (χ3v) is 8.61. The van der Waals surface area contributed by atoms with Crippen LogP contribution in [0.1, 0.15) is 154 Å². The summed E-state index contributed by atoms with van der Waals surface area (Å²) in [5.74, 6) is 1.69. The van der Waals surface area contributed by atoms with Crippen LogP contribution in [-0.4, -0.2) is 62.4 Å². The second-order valence-corrected chi connectivity index (χ2v) is 13.4. The highest BCUT2D eigenvalue weighted by molar-refractivity contribution is 5.93. The van der Waals surface area contributed by atoms with Crippen LogP contribution in [0.25, 0.3) is 6.08 Å². The molecule has 1 aromatic rings. The smallest absolute Gasteiger partial charge is 0.161 e. The Morgan fingerprint density at radius 1 is 0.659 bits per heavy atom. The molecule has 0 bridgehead atoms. The fraction of sp³-hybridized carbons (Fsp3) is 0.769. The molecule has 0 heterocycles. The summed E-state index contributed by atoms with van der Waals surface area (Å²) in [5, 5.41) is 9.23. The molecule has 1 aromatic carbocycles. The van der Waals surface area contributed by atoms with Gasteiger partial charge in [-0.1, -0.05) is 142 Å². The maximum absolute atomic E-state index is 12.5. The number of carbonyl (C=O) groups excluding carboxylic acids is 1. The van der Waals surface area contributed by atoms with Crippen molar-refractivity contribution in [3.63, 3.8) is 0 Å². The van der Waals surface area contributed by atoms with E-state index in [1.165, 1.54) is 116 Å². The van der Waals surface area contributed by atoms with Crippen molar-refractivity contribution in [3.8, 4) is 11.5 Å². The molecule has 5 heteroatoms. The molecular formula is C39H70NO4+. The molecule has 0 aromatic heterocycles. The van der Waals surface area contributed by atoms with Crippen molar-refractivity contribution in [2.75, 3.05) is 47.0 Å². The van der Waals surface area contributed by atoms with Crippen LogP contribution in [0.5, 0.6) is 11.5 Å². The first-order chi connectivity index (χ1) is 21.4. The SMILES string of the molecule is CCCCCCCCCCCCOc1ccc(C=CC(=O)CC[N+](C)(C)CCO)cc1OCCCCCCCCCCCC. The number of aliphatic hydroxyl groups excluding tert-OH is 1. The zero-order valence-corrected chi connectivity index (χ0v) is 29.4. The molecule has 0 fully saturated rings. The van der Waals surface area contributed by atoms with Gasteiger partial charge in [0.2, 0.25) is 0 Å². The Labute approximate surface area is 272 Å². The summed E-state index contributed by atoms with van der Waals surface area (Å²) in [7, 11) is 4.08. The van der Waals surface area contributed by atoms with Crippen molar-refractivity contribution in [1.29, 1.82) is 0 Å². The van der Waals surface area contributed by atoms with Crippen LogP contribution >= 0.6 is 0 Å². The summed E-state index contributed by atoms with van der Waals surface area (Å²) >= 11 is 0. The largest absolute Gasteiger partial charge is 0.490 e. The Kier molecular flexibility index (Phi) is 25.1. The molecule has 0 amide bonds. The fourth-order valence-electron chi connectivity index (χ4n) is 5.47. The summed E-state index contributed by atoms with van der Waals surface area (Å²) in [5.41, 5.74) is 0.951. The van der Waals surface area contributed by atoms with Gasteiger partial charge in [0.05, 0.1) is 46.9 Å². The van der Waals surface area contributed by atoms with E-state index in [9.17, 15) is 9.90 Å². The van der Waals surface area contributed by atoms with Gasteiger partial charge in [-0.15, -0.1) is 0 Å². The van der Waals surface area contributed by atoms with Crippen LogP contribution in [0, 0.1) is 0 Å². The molecule has 0 unspecified atom stereocenters. The minimum absolute atomic E-state index is 0.100. The number of likely N-dealkylation sites (N-methyl/N-ethyl adjacent to an activating group) is 1. The van der Waals surface area contributed by atoms with Crippen LogP contribution in [0.4, 0.5) is 0 Å². The molecule has 0 radical (unpaired) electrons. The van der Waals surface area contributed by atoms with E-state index in [1.54, 1.807) is 6.08 Å². The molecule has 1 rings (SSSR count). The second kappa shape index (κ2) is 27.5. The topological polar surface area (TPSA) is 55.8 Å². The van der Waals surface area contributed by atoms with E-state index in [-0.39, 0.29) is 12.4 Å². The lowest BCUT2D eigenvalue weighted by molar-refractivity contribution is -0.890. The van der Waals surface area contributed by atoms with Gasteiger partial charge in [0.25, 0.3) is 0 Å². The molecule has 0 aliphatic rings. The quantitative estimate of drug-likeness (QED) is 0.0512. The molecule has 1 N–H and O–H groups in total. The number of ketones is 1. The molecule has 0 saturated heterocycles. The van der Waals surface area contributed by atoms with Gasteiger partial charge in [0, 0.05) is 0 Å². The molecule has 0 spiro atoms. The van der Waals surface area contributed by atoms with Crippen LogP contribution < -0.4 is 9.47 Å². The summed E-state index contributed by atoms with van der Waals surface area (Å²) in [4.78, 5) is 12.5. The minimum atomic E-state index is 0.100. The van der Waals surface area contributed by atoms with Crippen molar-refractivity contribution in [2.45, 2.75) is 149 Å². The lowest BCUT2D eigenvalue weighted by atomic mass is 10.1.